The van der Waals surface area contributed by atoms with Crippen LogP contribution in [0, 0.1) is 5.92 Å². The Hall–Kier alpha value is -2.69. The van der Waals surface area contributed by atoms with Crippen molar-refractivity contribution in [3.05, 3.63) is 72.1 Å². The highest BCUT2D eigenvalue weighted by Gasteiger charge is 2.65. The summed E-state index contributed by atoms with van der Waals surface area (Å²) in [4.78, 5) is 6.10. The number of halogens is 3. The largest absolute Gasteiger partial charge is 0.402 e. The molecule has 1 aliphatic rings. The summed E-state index contributed by atoms with van der Waals surface area (Å²) in [5.74, 6) is -0.444. The first-order chi connectivity index (χ1) is 12.5. The number of hydrogen-bond acceptors (Lipinski definition) is 0. The van der Waals surface area contributed by atoms with Gasteiger partial charge < -0.3 is 9.97 Å². The average molecular weight is 354 g/mol. The maximum atomic E-state index is 14.8. The molecule has 0 spiro atoms. The molecule has 0 aliphatic heterocycles. The van der Waals surface area contributed by atoms with Gasteiger partial charge in [-0.15, -0.1) is 0 Å². The summed E-state index contributed by atoms with van der Waals surface area (Å²) in [6.07, 6.45) is -0.127. The molecule has 2 heterocycles. The van der Waals surface area contributed by atoms with Crippen molar-refractivity contribution in [3.8, 4) is 0 Å². The van der Waals surface area contributed by atoms with E-state index in [2.05, 4.69) is 9.97 Å². The summed E-state index contributed by atoms with van der Waals surface area (Å²) < 4.78 is 44.5. The van der Waals surface area contributed by atoms with E-state index in [-0.39, 0.29) is 0 Å². The van der Waals surface area contributed by atoms with Crippen molar-refractivity contribution in [1.82, 2.24) is 9.97 Å². The van der Waals surface area contributed by atoms with Gasteiger partial charge in [0.15, 0.2) is 0 Å². The molecule has 5 rings (SSSR count). The van der Waals surface area contributed by atoms with Gasteiger partial charge in [0, 0.05) is 34.2 Å². The molecule has 0 saturated heterocycles. The summed E-state index contributed by atoms with van der Waals surface area (Å²) in [6.45, 7) is 0. The zero-order chi connectivity index (χ0) is 17.9. The van der Waals surface area contributed by atoms with E-state index in [1.165, 1.54) is 0 Å². The van der Waals surface area contributed by atoms with E-state index in [4.69, 9.17) is 0 Å². The van der Waals surface area contributed by atoms with Crippen LogP contribution >= 0.6 is 0 Å². The zero-order valence-electron chi connectivity index (χ0n) is 13.9. The van der Waals surface area contributed by atoms with Crippen LogP contribution in [0.25, 0.3) is 21.8 Å². The molecule has 0 radical (unpaired) electrons. The lowest BCUT2D eigenvalue weighted by Crippen LogP contribution is -2.45. The van der Waals surface area contributed by atoms with Gasteiger partial charge in [-0.1, -0.05) is 36.4 Å². The third kappa shape index (κ3) is 1.94. The summed E-state index contributed by atoms with van der Waals surface area (Å²) in [7, 11) is 0. The molecular formula is C21H17F3N2. The second-order valence-electron chi connectivity index (χ2n) is 7.08. The Balaban J connectivity index is 1.91. The van der Waals surface area contributed by atoms with Crippen LogP contribution in [0.2, 0.25) is 0 Å². The predicted octanol–water partition coefficient (Wildman–Crippen LogP) is 5.91. The molecule has 0 atom stereocenters. The summed E-state index contributed by atoms with van der Waals surface area (Å²) in [5.41, 5.74) is 0.112. The van der Waals surface area contributed by atoms with E-state index in [0.29, 0.717) is 34.7 Å². The van der Waals surface area contributed by atoms with Crippen molar-refractivity contribution >= 4 is 21.8 Å². The number of H-pyrrole nitrogens is 2. The van der Waals surface area contributed by atoms with Crippen molar-refractivity contribution in [2.45, 2.75) is 24.4 Å². The molecule has 1 saturated carbocycles. The number of nitrogens with one attached hydrogen (secondary N) is 2. The van der Waals surface area contributed by atoms with Gasteiger partial charge in [0.2, 0.25) is 0 Å². The summed E-state index contributed by atoms with van der Waals surface area (Å²) in [6, 6.07) is 14.5. The Morgan fingerprint density at radius 2 is 1.19 bits per heavy atom. The van der Waals surface area contributed by atoms with E-state index in [1.807, 2.05) is 24.3 Å². The lowest BCUT2D eigenvalue weighted by molar-refractivity contribution is -0.183. The SMILES string of the molecule is FC(F)(F)C(c1c[nH]c2ccccc12)(c1c[nH]c2ccccc12)C1CC1. The van der Waals surface area contributed by atoms with Gasteiger partial charge in [0.05, 0.1) is 0 Å². The van der Waals surface area contributed by atoms with Gasteiger partial charge in [-0.3, -0.25) is 0 Å². The molecule has 26 heavy (non-hydrogen) atoms. The van der Waals surface area contributed by atoms with Crippen LogP contribution in [0.4, 0.5) is 13.2 Å². The maximum absolute atomic E-state index is 14.8. The lowest BCUT2D eigenvalue weighted by atomic mass is 9.69. The average Bonchev–Trinajstić information content (AvgIpc) is 3.23. The number of rotatable bonds is 3. The molecule has 0 bridgehead atoms. The highest BCUT2D eigenvalue weighted by molar-refractivity contribution is 5.90. The number of benzene rings is 2. The Labute approximate surface area is 148 Å². The van der Waals surface area contributed by atoms with E-state index in [9.17, 15) is 13.2 Å². The predicted molar refractivity (Wildman–Crippen MR) is 96.2 cm³/mol. The first-order valence-electron chi connectivity index (χ1n) is 8.73. The monoisotopic (exact) mass is 354 g/mol. The van der Waals surface area contributed by atoms with Crippen LogP contribution in [0.5, 0.6) is 0 Å². The lowest BCUT2D eigenvalue weighted by Gasteiger charge is -2.36. The normalized spacial score (nSPS) is 15.8. The van der Waals surface area contributed by atoms with Crippen LogP contribution in [-0.4, -0.2) is 16.1 Å². The van der Waals surface area contributed by atoms with Crippen LogP contribution in [0.1, 0.15) is 24.0 Å². The second-order valence-corrected chi connectivity index (χ2v) is 7.08. The Morgan fingerprint density at radius 1 is 0.731 bits per heavy atom. The number of aromatic nitrogens is 2. The van der Waals surface area contributed by atoms with E-state index >= 15 is 0 Å². The van der Waals surface area contributed by atoms with Crippen LogP contribution < -0.4 is 0 Å². The molecule has 1 fully saturated rings. The quantitative estimate of drug-likeness (QED) is 0.458. The van der Waals surface area contributed by atoms with E-state index in [1.54, 1.807) is 36.7 Å². The number of alkyl halides is 3. The Morgan fingerprint density at radius 3 is 1.62 bits per heavy atom. The van der Waals surface area contributed by atoms with Crippen molar-refractivity contribution in [2.75, 3.05) is 0 Å². The van der Waals surface area contributed by atoms with Gasteiger partial charge in [0.25, 0.3) is 0 Å². The molecule has 2 aromatic heterocycles. The van der Waals surface area contributed by atoms with Gasteiger partial charge >= 0.3 is 6.18 Å². The highest BCUT2D eigenvalue weighted by atomic mass is 19.4. The molecule has 1 aliphatic carbocycles. The molecule has 2 aromatic carbocycles. The topological polar surface area (TPSA) is 31.6 Å². The van der Waals surface area contributed by atoms with Gasteiger partial charge in [-0.25, -0.2) is 0 Å². The molecule has 5 heteroatoms. The second kappa shape index (κ2) is 5.16. The smallest absolute Gasteiger partial charge is 0.361 e. The summed E-state index contributed by atoms with van der Waals surface area (Å²) in [5, 5.41) is 1.28. The fourth-order valence-electron chi connectivity index (χ4n) is 4.43. The van der Waals surface area contributed by atoms with Gasteiger partial charge in [-0.2, -0.15) is 13.2 Å². The van der Waals surface area contributed by atoms with Crippen molar-refractivity contribution < 1.29 is 13.2 Å². The summed E-state index contributed by atoms with van der Waals surface area (Å²) >= 11 is 0. The number of para-hydroxylation sites is 2. The molecule has 0 unspecified atom stereocenters. The van der Waals surface area contributed by atoms with Crippen LogP contribution in [0.3, 0.4) is 0 Å². The number of fused-ring (bicyclic) bond motifs is 2. The third-order valence-electron chi connectivity index (χ3n) is 5.67. The maximum Gasteiger partial charge on any atom is 0.402 e. The molecule has 4 aromatic rings. The number of hydrogen-bond donors (Lipinski definition) is 2. The molecule has 2 N–H and O–H groups in total. The minimum absolute atomic E-state index is 0.327. The Kier molecular flexibility index (Phi) is 3.09. The minimum Gasteiger partial charge on any atom is -0.361 e. The van der Waals surface area contributed by atoms with Crippen LogP contribution in [0.15, 0.2) is 60.9 Å². The van der Waals surface area contributed by atoms with Crippen LogP contribution in [-0.2, 0) is 5.41 Å². The molecule has 132 valence electrons. The van der Waals surface area contributed by atoms with E-state index < -0.39 is 17.5 Å². The van der Waals surface area contributed by atoms with E-state index in [0.717, 1.165) is 11.0 Å². The first kappa shape index (κ1) is 15.6. The van der Waals surface area contributed by atoms with Gasteiger partial charge in [0.1, 0.15) is 5.41 Å². The molecule has 0 amide bonds. The minimum atomic E-state index is -4.40. The van der Waals surface area contributed by atoms with Crippen molar-refractivity contribution in [2.24, 2.45) is 5.92 Å². The van der Waals surface area contributed by atoms with Crippen molar-refractivity contribution in [1.29, 1.82) is 0 Å². The molecular weight excluding hydrogens is 337 g/mol. The fraction of sp³-hybridized carbons (Fsp3) is 0.238. The molecule has 2 nitrogen and oxygen atoms in total. The number of aromatic amines is 2. The Bertz CT molecular complexity index is 1030. The van der Waals surface area contributed by atoms with Crippen molar-refractivity contribution in [3.63, 3.8) is 0 Å². The fourth-order valence-corrected chi connectivity index (χ4v) is 4.43. The first-order valence-corrected chi connectivity index (χ1v) is 8.73. The third-order valence-corrected chi connectivity index (χ3v) is 5.67. The van der Waals surface area contributed by atoms with Gasteiger partial charge in [-0.05, 0) is 42.0 Å². The zero-order valence-corrected chi connectivity index (χ0v) is 13.9. The highest BCUT2D eigenvalue weighted by Crippen LogP contribution is 2.61. The standard InChI is InChI=1S/C21H17F3N2/c22-21(23,24)20(13-9-10-13,16-11-25-18-7-3-1-5-14(16)18)17-12-26-19-8-4-2-6-15(17)19/h1-8,11-13,25-26H,9-10H2.